The van der Waals surface area contributed by atoms with Gasteiger partial charge < -0.3 is 20.7 Å². The highest BCUT2D eigenvalue weighted by atomic mass is 32.2. The number of guanidine groups is 1. The Morgan fingerprint density at radius 2 is 1.97 bits per heavy atom. The lowest BCUT2D eigenvalue weighted by atomic mass is 9.95. The molecule has 8 heteroatoms. The van der Waals surface area contributed by atoms with Crippen molar-refractivity contribution in [1.82, 2.24) is 16.0 Å². The van der Waals surface area contributed by atoms with E-state index in [1.165, 1.54) is 0 Å². The van der Waals surface area contributed by atoms with Crippen molar-refractivity contribution in [2.24, 2.45) is 4.99 Å². The number of ether oxygens (including phenoxy) is 1. The fourth-order valence-corrected chi connectivity index (χ4v) is 4.76. The van der Waals surface area contributed by atoms with Crippen LogP contribution in [-0.2, 0) is 22.1 Å². The third kappa shape index (κ3) is 8.04. The Bertz CT molecular complexity index is 694. The highest BCUT2D eigenvalue weighted by molar-refractivity contribution is 7.85. The molecule has 29 heavy (non-hydrogen) atoms. The van der Waals surface area contributed by atoms with Gasteiger partial charge in [0.1, 0.15) is 12.3 Å². The highest BCUT2D eigenvalue weighted by Crippen LogP contribution is 2.23. The van der Waals surface area contributed by atoms with Gasteiger partial charge >= 0.3 is 0 Å². The Hall–Kier alpha value is -2.09. The number of hydrogen-bond acceptors (Lipinski definition) is 4. The number of rotatable bonds is 9. The summed E-state index contributed by atoms with van der Waals surface area (Å²) in [5, 5.41) is 9.75. The van der Waals surface area contributed by atoms with E-state index in [4.69, 9.17) is 4.74 Å². The minimum absolute atomic E-state index is 0.0581. The van der Waals surface area contributed by atoms with Crippen LogP contribution in [0.3, 0.4) is 0 Å². The Balaban J connectivity index is 1.83. The van der Waals surface area contributed by atoms with Gasteiger partial charge in [0.2, 0.25) is 5.91 Å². The summed E-state index contributed by atoms with van der Waals surface area (Å²) >= 11 is 0. The van der Waals surface area contributed by atoms with Crippen LogP contribution >= 0.6 is 0 Å². The topological polar surface area (TPSA) is 91.8 Å². The third-order valence-electron chi connectivity index (χ3n) is 5.00. The Morgan fingerprint density at radius 3 is 2.62 bits per heavy atom. The number of hydrogen-bond donors (Lipinski definition) is 3. The molecular weight excluding hydrogens is 388 g/mol. The molecule has 0 aromatic heterocycles. The first-order valence-corrected chi connectivity index (χ1v) is 11.8. The van der Waals surface area contributed by atoms with Gasteiger partial charge in [-0.25, -0.2) is 4.99 Å². The quantitative estimate of drug-likeness (QED) is 0.418. The van der Waals surface area contributed by atoms with E-state index in [1.807, 2.05) is 38.1 Å². The zero-order chi connectivity index (χ0) is 21.1. The first-order valence-electron chi connectivity index (χ1n) is 10.4. The first-order chi connectivity index (χ1) is 14.0. The van der Waals surface area contributed by atoms with Gasteiger partial charge in [-0.3, -0.25) is 9.00 Å². The molecule has 3 unspecified atom stereocenters. The molecule has 1 amide bonds. The van der Waals surface area contributed by atoms with E-state index in [9.17, 15) is 9.00 Å². The fourth-order valence-electron chi connectivity index (χ4n) is 3.41. The second kappa shape index (κ2) is 12.5. The van der Waals surface area contributed by atoms with Crippen LogP contribution in [0.15, 0.2) is 29.3 Å². The van der Waals surface area contributed by atoms with E-state index in [1.54, 1.807) is 7.11 Å². The number of carbonyl (C=O) groups excluding carboxylic acids is 1. The van der Waals surface area contributed by atoms with Gasteiger partial charge in [0, 0.05) is 40.9 Å². The lowest BCUT2D eigenvalue weighted by molar-refractivity contribution is -0.119. The van der Waals surface area contributed by atoms with E-state index in [0.29, 0.717) is 18.3 Å². The lowest BCUT2D eigenvalue weighted by Crippen LogP contribution is -2.47. The largest absolute Gasteiger partial charge is 0.497 e. The van der Waals surface area contributed by atoms with Gasteiger partial charge in [0.05, 0.1) is 7.11 Å². The standard InChI is InChI=1S/C21H34N4O3S/c1-4-22-21(25-17-7-6-8-19(13-17)29(27)5-2)24-15-20(26)23-14-16-9-11-18(28-3)12-10-16/h9-12,17,19H,4-8,13-15H2,1-3H3,(H,23,26)(H2,22,24,25). The number of amides is 1. The average molecular weight is 423 g/mol. The molecule has 162 valence electrons. The Labute approximate surface area is 176 Å². The average Bonchev–Trinajstić information content (AvgIpc) is 2.76. The van der Waals surface area contributed by atoms with Crippen LogP contribution in [0, 0.1) is 0 Å². The molecule has 0 spiro atoms. The van der Waals surface area contributed by atoms with E-state index in [2.05, 4.69) is 20.9 Å². The van der Waals surface area contributed by atoms with E-state index in [0.717, 1.165) is 43.5 Å². The Morgan fingerprint density at radius 1 is 1.21 bits per heavy atom. The molecule has 3 atom stereocenters. The van der Waals surface area contributed by atoms with Crippen LogP contribution in [0.1, 0.15) is 45.1 Å². The second-order valence-corrected chi connectivity index (χ2v) is 9.12. The molecule has 0 radical (unpaired) electrons. The van der Waals surface area contributed by atoms with Crippen molar-refractivity contribution in [2.45, 2.75) is 57.4 Å². The molecule has 0 aliphatic heterocycles. The van der Waals surface area contributed by atoms with Gasteiger partial charge in [0.15, 0.2) is 5.96 Å². The maximum Gasteiger partial charge on any atom is 0.242 e. The first kappa shape index (κ1) is 23.2. The number of aliphatic imine (C=N–C) groups is 1. The normalized spacial score (nSPS) is 20.6. The molecule has 1 aromatic carbocycles. The van der Waals surface area contributed by atoms with Gasteiger partial charge in [-0.15, -0.1) is 0 Å². The summed E-state index contributed by atoms with van der Waals surface area (Å²) in [5.74, 6) is 2.00. The van der Waals surface area contributed by atoms with Crippen molar-refractivity contribution in [3.8, 4) is 5.75 Å². The van der Waals surface area contributed by atoms with Crippen molar-refractivity contribution >= 4 is 22.7 Å². The molecule has 1 saturated carbocycles. The van der Waals surface area contributed by atoms with E-state index >= 15 is 0 Å². The number of nitrogens with one attached hydrogen (secondary N) is 3. The maximum atomic E-state index is 12.2. The van der Waals surface area contributed by atoms with E-state index < -0.39 is 10.8 Å². The minimum Gasteiger partial charge on any atom is -0.497 e. The van der Waals surface area contributed by atoms with Crippen LogP contribution in [0.4, 0.5) is 0 Å². The van der Waals surface area contributed by atoms with Gasteiger partial charge in [-0.2, -0.15) is 0 Å². The number of methoxy groups -OCH3 is 1. The molecule has 1 fully saturated rings. The molecule has 0 heterocycles. The van der Waals surface area contributed by atoms with Crippen LogP contribution in [0.2, 0.25) is 0 Å². The number of benzene rings is 1. The smallest absolute Gasteiger partial charge is 0.242 e. The maximum absolute atomic E-state index is 12.2. The molecule has 1 aliphatic carbocycles. The lowest BCUT2D eigenvalue weighted by Gasteiger charge is -2.30. The summed E-state index contributed by atoms with van der Waals surface area (Å²) in [4.78, 5) is 16.6. The monoisotopic (exact) mass is 422 g/mol. The minimum atomic E-state index is -0.759. The molecular formula is C21H34N4O3S. The van der Waals surface area contributed by atoms with Crippen LogP contribution < -0.4 is 20.7 Å². The van der Waals surface area contributed by atoms with E-state index in [-0.39, 0.29) is 23.7 Å². The zero-order valence-corrected chi connectivity index (χ0v) is 18.5. The Kier molecular flexibility index (Phi) is 9.97. The van der Waals surface area contributed by atoms with Crippen molar-refractivity contribution in [3.63, 3.8) is 0 Å². The van der Waals surface area contributed by atoms with Crippen molar-refractivity contribution in [1.29, 1.82) is 0 Å². The summed E-state index contributed by atoms with van der Waals surface area (Å²) in [7, 11) is 0.867. The number of nitrogens with zero attached hydrogens (tertiary/aromatic N) is 1. The molecule has 1 aliphatic rings. The molecule has 3 N–H and O–H groups in total. The predicted molar refractivity (Wildman–Crippen MR) is 119 cm³/mol. The summed E-state index contributed by atoms with van der Waals surface area (Å²) in [6.45, 7) is 5.20. The zero-order valence-electron chi connectivity index (χ0n) is 17.7. The van der Waals surface area contributed by atoms with Crippen LogP contribution in [0.25, 0.3) is 0 Å². The van der Waals surface area contributed by atoms with Crippen LogP contribution in [0.5, 0.6) is 5.75 Å². The van der Waals surface area contributed by atoms with Crippen molar-refractivity contribution in [3.05, 3.63) is 29.8 Å². The third-order valence-corrected chi connectivity index (χ3v) is 6.74. The SMILES string of the molecule is CCNC(=NCC(=O)NCc1ccc(OC)cc1)NC1CCCC(S(=O)CC)C1. The molecule has 7 nitrogen and oxygen atoms in total. The second-order valence-electron chi connectivity index (χ2n) is 7.12. The summed E-state index contributed by atoms with van der Waals surface area (Å²) in [6.07, 6.45) is 4.01. The molecule has 1 aromatic rings. The molecule has 2 rings (SSSR count). The van der Waals surface area contributed by atoms with Gasteiger partial charge in [-0.05, 0) is 43.9 Å². The summed E-state index contributed by atoms with van der Waals surface area (Å²) in [6, 6.07) is 7.83. The molecule has 0 saturated heterocycles. The fraction of sp³-hybridized carbons (Fsp3) is 0.619. The van der Waals surface area contributed by atoms with Crippen molar-refractivity contribution < 1.29 is 13.7 Å². The predicted octanol–water partition coefficient (Wildman–Crippen LogP) is 1.95. The number of carbonyl (C=O) groups is 1. The van der Waals surface area contributed by atoms with Gasteiger partial charge in [-0.1, -0.05) is 25.5 Å². The van der Waals surface area contributed by atoms with Crippen molar-refractivity contribution in [2.75, 3.05) is 26.0 Å². The summed E-state index contributed by atoms with van der Waals surface area (Å²) in [5.41, 5.74) is 1.00. The summed E-state index contributed by atoms with van der Waals surface area (Å²) < 4.78 is 17.3. The highest BCUT2D eigenvalue weighted by Gasteiger charge is 2.26. The van der Waals surface area contributed by atoms with Gasteiger partial charge in [0.25, 0.3) is 0 Å². The van der Waals surface area contributed by atoms with Crippen LogP contribution in [-0.4, -0.2) is 53.3 Å². The molecule has 0 bridgehead atoms.